The first kappa shape index (κ1) is 15.8. The number of anilines is 1. The Kier molecular flexibility index (Phi) is 4.87. The number of hydrogen-bond acceptors (Lipinski definition) is 4. The van der Waals surface area contributed by atoms with Gasteiger partial charge >= 0.3 is 0 Å². The molecule has 5 heteroatoms. The van der Waals surface area contributed by atoms with Gasteiger partial charge in [-0.15, -0.1) is 10.2 Å². The molecule has 0 unspecified atom stereocenters. The minimum absolute atomic E-state index is 0.651. The van der Waals surface area contributed by atoms with E-state index >= 15 is 0 Å². The predicted octanol–water partition coefficient (Wildman–Crippen LogP) is 3.22. The van der Waals surface area contributed by atoms with Crippen molar-refractivity contribution in [2.75, 3.05) is 11.6 Å². The summed E-state index contributed by atoms with van der Waals surface area (Å²) in [6.45, 7) is 2.95. The number of hydrogen-bond donors (Lipinski definition) is 0. The fourth-order valence-corrected chi connectivity index (χ4v) is 2.58. The van der Waals surface area contributed by atoms with Crippen LogP contribution in [0.4, 0.5) is 5.69 Å². The number of benzene rings is 2. The summed E-state index contributed by atoms with van der Waals surface area (Å²) in [7, 11) is 0. The highest BCUT2D eigenvalue weighted by atomic mass is 15.6. The lowest BCUT2D eigenvalue weighted by Crippen LogP contribution is -2.30. The molecule has 120 valence electrons. The molecule has 0 amide bonds. The standard InChI is InChI=1S/C19H19N5/c1-2-16-3-5-17(6-4-16)11-12-24(23-14-21-22-15-23)19-9-7-18(13-20)8-10-19/h3-10,14-15H,2,11-12H2,1H3. The maximum Gasteiger partial charge on any atom is 0.139 e. The van der Waals surface area contributed by atoms with Crippen molar-refractivity contribution in [2.45, 2.75) is 19.8 Å². The summed E-state index contributed by atoms with van der Waals surface area (Å²) < 4.78 is 1.86. The van der Waals surface area contributed by atoms with Gasteiger partial charge in [-0.25, -0.2) is 4.68 Å². The molecule has 5 nitrogen and oxygen atoms in total. The van der Waals surface area contributed by atoms with Crippen LogP contribution in [-0.2, 0) is 12.8 Å². The molecule has 3 aromatic rings. The van der Waals surface area contributed by atoms with Gasteiger partial charge in [-0.3, -0.25) is 5.01 Å². The van der Waals surface area contributed by atoms with Crippen molar-refractivity contribution >= 4 is 5.69 Å². The second-order valence-corrected chi connectivity index (χ2v) is 5.54. The van der Waals surface area contributed by atoms with Gasteiger partial charge in [-0.1, -0.05) is 31.2 Å². The van der Waals surface area contributed by atoms with E-state index in [9.17, 15) is 0 Å². The van der Waals surface area contributed by atoms with Gasteiger partial charge in [0.15, 0.2) is 0 Å². The molecule has 0 atom stereocenters. The predicted molar refractivity (Wildman–Crippen MR) is 93.4 cm³/mol. The Morgan fingerprint density at radius 2 is 1.58 bits per heavy atom. The first-order valence-electron chi connectivity index (χ1n) is 8.00. The molecule has 0 fully saturated rings. The van der Waals surface area contributed by atoms with E-state index in [0.717, 1.165) is 25.1 Å². The maximum absolute atomic E-state index is 8.96. The van der Waals surface area contributed by atoms with E-state index in [1.54, 1.807) is 12.7 Å². The van der Waals surface area contributed by atoms with E-state index in [2.05, 4.69) is 52.5 Å². The van der Waals surface area contributed by atoms with Crippen molar-refractivity contribution < 1.29 is 0 Å². The topological polar surface area (TPSA) is 57.7 Å². The van der Waals surface area contributed by atoms with Crippen LogP contribution in [0.25, 0.3) is 0 Å². The molecule has 24 heavy (non-hydrogen) atoms. The Morgan fingerprint density at radius 1 is 0.958 bits per heavy atom. The summed E-state index contributed by atoms with van der Waals surface area (Å²) >= 11 is 0. The molecule has 3 rings (SSSR count). The molecule has 0 bridgehead atoms. The third kappa shape index (κ3) is 3.61. The number of nitriles is 1. The minimum atomic E-state index is 0.651. The van der Waals surface area contributed by atoms with Gasteiger partial charge in [0.2, 0.25) is 0 Å². The van der Waals surface area contributed by atoms with Crippen LogP contribution in [0.1, 0.15) is 23.6 Å². The van der Waals surface area contributed by atoms with Gasteiger partial charge in [0.05, 0.1) is 17.3 Å². The van der Waals surface area contributed by atoms with Gasteiger partial charge in [0, 0.05) is 6.54 Å². The zero-order chi connectivity index (χ0) is 16.8. The van der Waals surface area contributed by atoms with Crippen molar-refractivity contribution in [1.82, 2.24) is 14.9 Å². The van der Waals surface area contributed by atoms with Crippen LogP contribution in [0.15, 0.2) is 61.2 Å². The first-order chi connectivity index (χ1) is 11.8. The average Bonchev–Trinajstić information content (AvgIpc) is 3.17. The van der Waals surface area contributed by atoms with Crippen LogP contribution in [0.2, 0.25) is 0 Å². The fraction of sp³-hybridized carbons (Fsp3) is 0.211. The molecule has 0 spiro atoms. The first-order valence-corrected chi connectivity index (χ1v) is 8.00. The van der Waals surface area contributed by atoms with E-state index in [4.69, 9.17) is 5.26 Å². The summed E-state index contributed by atoms with van der Waals surface area (Å²) in [6.07, 6.45) is 5.32. The van der Waals surface area contributed by atoms with E-state index in [-0.39, 0.29) is 0 Å². The molecule has 0 saturated heterocycles. The SMILES string of the molecule is CCc1ccc(CCN(c2ccc(C#N)cc2)n2cnnc2)cc1. The zero-order valence-corrected chi connectivity index (χ0v) is 13.6. The lowest BCUT2D eigenvalue weighted by atomic mass is 10.1. The molecule has 0 saturated carbocycles. The fourth-order valence-electron chi connectivity index (χ4n) is 2.58. The van der Waals surface area contributed by atoms with Crippen molar-refractivity contribution in [3.63, 3.8) is 0 Å². The third-order valence-corrected chi connectivity index (χ3v) is 4.02. The summed E-state index contributed by atoms with van der Waals surface area (Å²) in [5.74, 6) is 0. The van der Waals surface area contributed by atoms with E-state index in [1.165, 1.54) is 11.1 Å². The molecule has 0 aliphatic heterocycles. The highest BCUT2D eigenvalue weighted by Crippen LogP contribution is 2.17. The van der Waals surface area contributed by atoms with Crippen LogP contribution in [-0.4, -0.2) is 21.4 Å². The summed E-state index contributed by atoms with van der Waals surface area (Å²) in [4.78, 5) is 0. The van der Waals surface area contributed by atoms with Crippen molar-refractivity contribution in [2.24, 2.45) is 0 Å². The Morgan fingerprint density at radius 3 is 2.17 bits per heavy atom. The number of aryl methyl sites for hydroxylation is 1. The number of aromatic nitrogens is 3. The van der Waals surface area contributed by atoms with Gasteiger partial charge in [0.25, 0.3) is 0 Å². The Labute approximate surface area is 141 Å². The molecule has 1 heterocycles. The Balaban J connectivity index is 1.78. The van der Waals surface area contributed by atoms with E-state index in [0.29, 0.717) is 5.56 Å². The molecule has 0 N–H and O–H groups in total. The molecular formula is C19H19N5. The largest absolute Gasteiger partial charge is 0.279 e. The van der Waals surface area contributed by atoms with Gasteiger partial charge in [0.1, 0.15) is 12.7 Å². The highest BCUT2D eigenvalue weighted by Gasteiger charge is 2.09. The average molecular weight is 317 g/mol. The molecule has 2 aromatic carbocycles. The summed E-state index contributed by atoms with van der Waals surface area (Å²) in [5, 5.41) is 18.8. The molecular weight excluding hydrogens is 298 g/mol. The quantitative estimate of drug-likeness (QED) is 0.700. The summed E-state index contributed by atoms with van der Waals surface area (Å²) in [5.41, 5.74) is 4.29. The Bertz CT molecular complexity index is 798. The van der Waals surface area contributed by atoms with Crippen LogP contribution in [0.3, 0.4) is 0 Å². The van der Waals surface area contributed by atoms with Crippen LogP contribution < -0.4 is 5.01 Å². The van der Waals surface area contributed by atoms with E-state index in [1.807, 2.05) is 28.9 Å². The van der Waals surface area contributed by atoms with Crippen LogP contribution >= 0.6 is 0 Å². The van der Waals surface area contributed by atoms with Gasteiger partial charge in [-0.2, -0.15) is 5.26 Å². The monoisotopic (exact) mass is 317 g/mol. The lowest BCUT2D eigenvalue weighted by Gasteiger charge is -2.25. The van der Waals surface area contributed by atoms with Crippen LogP contribution in [0, 0.1) is 11.3 Å². The van der Waals surface area contributed by atoms with E-state index < -0.39 is 0 Å². The van der Waals surface area contributed by atoms with Crippen molar-refractivity contribution in [1.29, 1.82) is 5.26 Å². The van der Waals surface area contributed by atoms with Crippen LogP contribution in [0.5, 0.6) is 0 Å². The minimum Gasteiger partial charge on any atom is -0.279 e. The summed E-state index contributed by atoms with van der Waals surface area (Å²) in [6, 6.07) is 18.4. The third-order valence-electron chi connectivity index (χ3n) is 4.02. The second kappa shape index (κ2) is 7.42. The molecule has 1 aromatic heterocycles. The van der Waals surface area contributed by atoms with Gasteiger partial charge in [-0.05, 0) is 48.2 Å². The van der Waals surface area contributed by atoms with Gasteiger partial charge < -0.3 is 0 Å². The number of nitrogens with zero attached hydrogens (tertiary/aromatic N) is 5. The molecule has 0 aliphatic rings. The molecule has 0 aliphatic carbocycles. The lowest BCUT2D eigenvalue weighted by molar-refractivity contribution is 0.681. The maximum atomic E-state index is 8.96. The Hall–Kier alpha value is -3.13. The second-order valence-electron chi connectivity index (χ2n) is 5.54. The highest BCUT2D eigenvalue weighted by molar-refractivity contribution is 5.49. The van der Waals surface area contributed by atoms with Crippen molar-refractivity contribution in [3.05, 3.63) is 77.9 Å². The number of rotatable bonds is 6. The molecule has 0 radical (unpaired) electrons. The normalized spacial score (nSPS) is 10.3. The van der Waals surface area contributed by atoms with Crippen molar-refractivity contribution in [3.8, 4) is 6.07 Å². The smallest absolute Gasteiger partial charge is 0.139 e. The zero-order valence-electron chi connectivity index (χ0n) is 13.6.